The quantitative estimate of drug-likeness (QED) is 0.581. The van der Waals surface area contributed by atoms with Crippen molar-refractivity contribution in [3.05, 3.63) is 40.7 Å². The van der Waals surface area contributed by atoms with Gasteiger partial charge in [0.25, 0.3) is 5.91 Å². The van der Waals surface area contributed by atoms with Gasteiger partial charge < -0.3 is 0 Å². The number of rotatable bonds is 4. The number of aromatic nitrogens is 3. The zero-order valence-corrected chi connectivity index (χ0v) is 12.6. The van der Waals surface area contributed by atoms with Gasteiger partial charge in [0, 0.05) is 10.6 Å². The minimum absolute atomic E-state index is 0.0954. The number of hydrogen-bond donors (Lipinski definition) is 3. The molecule has 0 saturated carbocycles. The number of nitrogens with zero attached hydrogens (tertiary/aromatic N) is 2. The van der Waals surface area contributed by atoms with Crippen LogP contribution in [0.1, 0.15) is 16.2 Å². The maximum absolute atomic E-state index is 11.7. The lowest BCUT2D eigenvalue weighted by Gasteiger charge is -2.06. The summed E-state index contributed by atoms with van der Waals surface area (Å²) in [6.07, 6.45) is 0. The molecule has 7 nitrogen and oxygen atoms in total. The Kier molecular flexibility index (Phi) is 5.18. The number of H-pyrrole nitrogens is 1. The lowest BCUT2D eigenvalue weighted by atomic mass is 10.2. The Morgan fingerprint density at radius 3 is 2.62 bits per heavy atom. The Balaban J connectivity index is 1.75. The summed E-state index contributed by atoms with van der Waals surface area (Å²) in [6.45, 7) is 1.77. The summed E-state index contributed by atoms with van der Waals surface area (Å²) in [5.41, 5.74) is 5.03. The number of amides is 2. The SMILES string of the molecule is Cc1nc(SCC(=O)NNC(=O)c2ccc(Cl)cc2)n[nH]1. The van der Waals surface area contributed by atoms with Gasteiger partial charge in [0.2, 0.25) is 11.1 Å². The second-order valence-corrected chi connectivity index (χ2v) is 5.38. The molecule has 0 atom stereocenters. The molecule has 0 spiro atoms. The summed E-state index contributed by atoms with van der Waals surface area (Å²) in [7, 11) is 0. The molecule has 0 bridgehead atoms. The third-order valence-corrected chi connectivity index (χ3v) is 3.43. The largest absolute Gasteiger partial charge is 0.272 e. The fourth-order valence-corrected chi connectivity index (χ4v) is 2.12. The number of hydrazine groups is 1. The van der Waals surface area contributed by atoms with E-state index in [0.717, 1.165) is 11.8 Å². The summed E-state index contributed by atoms with van der Waals surface area (Å²) in [6, 6.07) is 6.32. The van der Waals surface area contributed by atoms with Crippen LogP contribution in [0.15, 0.2) is 29.4 Å². The van der Waals surface area contributed by atoms with E-state index in [9.17, 15) is 9.59 Å². The highest BCUT2D eigenvalue weighted by atomic mass is 35.5. The zero-order valence-electron chi connectivity index (χ0n) is 11.0. The average molecular weight is 326 g/mol. The van der Waals surface area contributed by atoms with E-state index >= 15 is 0 Å². The second-order valence-electron chi connectivity index (χ2n) is 4.00. The highest BCUT2D eigenvalue weighted by Crippen LogP contribution is 2.11. The van der Waals surface area contributed by atoms with Crippen molar-refractivity contribution < 1.29 is 9.59 Å². The minimum Gasteiger partial charge on any atom is -0.272 e. The van der Waals surface area contributed by atoms with E-state index in [0.29, 0.717) is 21.6 Å². The number of aromatic amines is 1. The van der Waals surface area contributed by atoms with Crippen molar-refractivity contribution in [2.45, 2.75) is 12.1 Å². The molecule has 0 aliphatic rings. The van der Waals surface area contributed by atoms with E-state index in [2.05, 4.69) is 26.0 Å². The first-order valence-electron chi connectivity index (χ1n) is 5.91. The Morgan fingerprint density at radius 1 is 1.29 bits per heavy atom. The lowest BCUT2D eigenvalue weighted by molar-refractivity contribution is -0.119. The van der Waals surface area contributed by atoms with Crippen LogP contribution in [0.4, 0.5) is 0 Å². The lowest BCUT2D eigenvalue weighted by Crippen LogP contribution is -2.42. The molecule has 0 unspecified atom stereocenters. The number of hydrogen-bond acceptors (Lipinski definition) is 5. The van der Waals surface area contributed by atoms with E-state index in [-0.39, 0.29) is 11.7 Å². The predicted molar refractivity (Wildman–Crippen MR) is 78.9 cm³/mol. The molecule has 0 fully saturated rings. The van der Waals surface area contributed by atoms with E-state index in [1.54, 1.807) is 31.2 Å². The van der Waals surface area contributed by atoms with Crippen LogP contribution in [0.5, 0.6) is 0 Å². The number of aryl methyl sites for hydroxylation is 1. The fraction of sp³-hybridized carbons (Fsp3) is 0.167. The molecule has 1 aromatic heterocycles. The van der Waals surface area contributed by atoms with Crippen LogP contribution in [-0.2, 0) is 4.79 Å². The van der Waals surface area contributed by atoms with Crippen LogP contribution >= 0.6 is 23.4 Å². The summed E-state index contributed by atoms with van der Waals surface area (Å²) in [4.78, 5) is 27.4. The first kappa shape index (κ1) is 15.3. The van der Waals surface area contributed by atoms with Crippen molar-refractivity contribution in [3.63, 3.8) is 0 Å². The van der Waals surface area contributed by atoms with Crippen LogP contribution in [-0.4, -0.2) is 32.7 Å². The molecular weight excluding hydrogens is 314 g/mol. The molecule has 2 amide bonds. The number of carbonyl (C=O) groups is 2. The van der Waals surface area contributed by atoms with Gasteiger partial charge in [-0.3, -0.25) is 25.5 Å². The molecule has 1 heterocycles. The van der Waals surface area contributed by atoms with Gasteiger partial charge in [0.1, 0.15) is 5.82 Å². The maximum atomic E-state index is 11.7. The predicted octanol–water partition coefficient (Wildman–Crippen LogP) is 1.32. The highest BCUT2D eigenvalue weighted by Gasteiger charge is 2.09. The van der Waals surface area contributed by atoms with Gasteiger partial charge >= 0.3 is 0 Å². The second kappa shape index (κ2) is 7.09. The first-order valence-corrected chi connectivity index (χ1v) is 7.27. The number of carbonyl (C=O) groups excluding carboxylic acids is 2. The van der Waals surface area contributed by atoms with E-state index in [1.807, 2.05) is 0 Å². The summed E-state index contributed by atoms with van der Waals surface area (Å²) >= 11 is 6.89. The van der Waals surface area contributed by atoms with Crippen LogP contribution in [0.2, 0.25) is 5.02 Å². The van der Waals surface area contributed by atoms with Crippen LogP contribution in [0.25, 0.3) is 0 Å². The molecule has 2 rings (SSSR count). The van der Waals surface area contributed by atoms with Crippen LogP contribution in [0, 0.1) is 6.92 Å². The van der Waals surface area contributed by atoms with Crippen molar-refractivity contribution in [1.82, 2.24) is 26.0 Å². The molecule has 3 N–H and O–H groups in total. The van der Waals surface area contributed by atoms with Crippen molar-refractivity contribution in [3.8, 4) is 0 Å². The molecule has 0 aliphatic heterocycles. The number of thioether (sulfide) groups is 1. The Morgan fingerprint density at radius 2 is 2.00 bits per heavy atom. The number of nitrogens with one attached hydrogen (secondary N) is 3. The molecular formula is C12H12ClN5O2S. The highest BCUT2D eigenvalue weighted by molar-refractivity contribution is 7.99. The van der Waals surface area contributed by atoms with Gasteiger partial charge in [0.05, 0.1) is 5.75 Å². The smallest absolute Gasteiger partial charge is 0.269 e. The molecule has 1 aromatic carbocycles. The van der Waals surface area contributed by atoms with Gasteiger partial charge in [-0.1, -0.05) is 23.4 Å². The molecule has 110 valence electrons. The van der Waals surface area contributed by atoms with Gasteiger partial charge in [-0.15, -0.1) is 5.10 Å². The Hall–Kier alpha value is -2.06. The number of halogens is 1. The summed E-state index contributed by atoms with van der Waals surface area (Å²) in [5.74, 6) is -0.00414. The fourth-order valence-electron chi connectivity index (χ4n) is 1.35. The van der Waals surface area contributed by atoms with E-state index in [1.165, 1.54) is 0 Å². The minimum atomic E-state index is -0.418. The Bertz CT molecular complexity index is 643. The van der Waals surface area contributed by atoms with Crippen LogP contribution in [0.3, 0.4) is 0 Å². The molecule has 0 radical (unpaired) electrons. The molecule has 9 heteroatoms. The molecule has 0 saturated heterocycles. The van der Waals surface area contributed by atoms with Crippen molar-refractivity contribution >= 4 is 35.2 Å². The van der Waals surface area contributed by atoms with Gasteiger partial charge in [-0.25, -0.2) is 4.98 Å². The number of benzene rings is 1. The van der Waals surface area contributed by atoms with Crippen molar-refractivity contribution in [1.29, 1.82) is 0 Å². The standard InChI is InChI=1S/C12H12ClN5O2S/c1-7-14-12(18-15-7)21-6-10(19)16-17-11(20)8-2-4-9(13)5-3-8/h2-5H,6H2,1H3,(H,16,19)(H,17,20)(H,14,15,18). The van der Waals surface area contributed by atoms with Crippen molar-refractivity contribution in [2.24, 2.45) is 0 Å². The molecule has 0 aliphatic carbocycles. The first-order chi connectivity index (χ1) is 10.0. The van der Waals surface area contributed by atoms with Gasteiger partial charge in [0.15, 0.2) is 0 Å². The molecule has 2 aromatic rings. The van der Waals surface area contributed by atoms with Gasteiger partial charge in [-0.2, -0.15) is 0 Å². The third-order valence-electron chi connectivity index (χ3n) is 2.33. The summed E-state index contributed by atoms with van der Waals surface area (Å²) in [5, 5.41) is 7.57. The third kappa shape index (κ3) is 4.76. The Labute approximate surface area is 129 Å². The molecule has 21 heavy (non-hydrogen) atoms. The van der Waals surface area contributed by atoms with Crippen molar-refractivity contribution in [2.75, 3.05) is 5.75 Å². The monoisotopic (exact) mass is 325 g/mol. The van der Waals surface area contributed by atoms with E-state index < -0.39 is 5.91 Å². The topological polar surface area (TPSA) is 99.8 Å². The normalized spacial score (nSPS) is 10.2. The zero-order chi connectivity index (χ0) is 15.2. The van der Waals surface area contributed by atoms with E-state index in [4.69, 9.17) is 11.6 Å². The van der Waals surface area contributed by atoms with Crippen LogP contribution < -0.4 is 10.9 Å². The summed E-state index contributed by atoms with van der Waals surface area (Å²) < 4.78 is 0. The maximum Gasteiger partial charge on any atom is 0.269 e. The average Bonchev–Trinajstić information content (AvgIpc) is 2.89. The van der Waals surface area contributed by atoms with Gasteiger partial charge in [-0.05, 0) is 31.2 Å².